The van der Waals surface area contributed by atoms with E-state index >= 15 is 0 Å². The lowest BCUT2D eigenvalue weighted by Gasteiger charge is -2.22. The van der Waals surface area contributed by atoms with Gasteiger partial charge in [-0.2, -0.15) is 0 Å². The van der Waals surface area contributed by atoms with Crippen molar-refractivity contribution >= 4 is 39.6 Å². The van der Waals surface area contributed by atoms with Crippen LogP contribution in [0.4, 0.5) is 5.00 Å². The van der Waals surface area contributed by atoms with Gasteiger partial charge in [-0.15, -0.1) is 22.7 Å². The molecule has 4 nitrogen and oxygen atoms in total. The Morgan fingerprint density at radius 2 is 2.03 bits per heavy atom. The molecule has 1 aliphatic carbocycles. The van der Waals surface area contributed by atoms with E-state index in [9.17, 15) is 9.59 Å². The summed E-state index contributed by atoms with van der Waals surface area (Å²) in [5.41, 5.74) is 3.51. The fourth-order valence-electron chi connectivity index (χ4n) is 3.86. The number of ether oxygens (including phenoxy) is 1. The van der Waals surface area contributed by atoms with Gasteiger partial charge in [-0.05, 0) is 48.8 Å². The number of nitrogens with one attached hydrogen (secondary N) is 1. The van der Waals surface area contributed by atoms with Gasteiger partial charge in [-0.1, -0.05) is 37.3 Å². The van der Waals surface area contributed by atoms with Crippen molar-refractivity contribution in [3.63, 3.8) is 0 Å². The second kappa shape index (κ2) is 8.51. The quantitative estimate of drug-likeness (QED) is 0.535. The molecule has 0 aliphatic heterocycles. The highest BCUT2D eigenvalue weighted by Crippen LogP contribution is 2.43. The van der Waals surface area contributed by atoms with E-state index in [1.54, 1.807) is 11.3 Å². The van der Waals surface area contributed by atoms with E-state index in [0.717, 1.165) is 31.2 Å². The molecule has 0 unspecified atom stereocenters. The number of aryl methyl sites for hydroxylation is 1. The molecule has 29 heavy (non-hydrogen) atoms. The molecule has 1 aliphatic rings. The summed E-state index contributed by atoms with van der Waals surface area (Å²) in [5.74, 6) is -0.125. The number of anilines is 1. The van der Waals surface area contributed by atoms with Gasteiger partial charge in [0.05, 0.1) is 18.2 Å². The lowest BCUT2D eigenvalue weighted by molar-refractivity contribution is 0.0601. The smallest absolute Gasteiger partial charge is 0.341 e. The molecule has 2 heterocycles. The summed E-state index contributed by atoms with van der Waals surface area (Å²) < 4.78 is 5.04. The van der Waals surface area contributed by atoms with Crippen LogP contribution in [0.1, 0.15) is 60.9 Å². The Kier molecular flexibility index (Phi) is 5.83. The minimum atomic E-state index is -0.379. The van der Waals surface area contributed by atoms with E-state index in [2.05, 4.69) is 36.5 Å². The van der Waals surface area contributed by atoms with Gasteiger partial charge >= 0.3 is 5.97 Å². The number of methoxy groups -OCH3 is 1. The Labute approximate surface area is 178 Å². The number of amides is 1. The first-order valence-electron chi connectivity index (χ1n) is 9.77. The number of hydrogen-bond acceptors (Lipinski definition) is 5. The molecule has 4 rings (SSSR count). The van der Waals surface area contributed by atoms with Gasteiger partial charge in [0.25, 0.3) is 5.91 Å². The maximum Gasteiger partial charge on any atom is 0.341 e. The topological polar surface area (TPSA) is 55.4 Å². The largest absolute Gasteiger partial charge is 0.465 e. The number of carbonyl (C=O) groups is 2. The molecule has 1 N–H and O–H groups in total. The fourth-order valence-corrected chi connectivity index (χ4v) is 5.99. The lowest BCUT2D eigenvalue weighted by atomic mass is 9.83. The summed E-state index contributed by atoms with van der Waals surface area (Å²) in [6.45, 7) is 2.07. The zero-order valence-corrected chi connectivity index (χ0v) is 18.1. The number of esters is 1. The highest BCUT2D eigenvalue weighted by atomic mass is 32.1. The van der Waals surface area contributed by atoms with Crippen LogP contribution in [0.3, 0.4) is 0 Å². The Balaban J connectivity index is 1.63. The molecule has 0 saturated heterocycles. The van der Waals surface area contributed by atoms with Gasteiger partial charge in [-0.3, -0.25) is 4.79 Å². The van der Waals surface area contributed by atoms with Crippen LogP contribution in [0.2, 0.25) is 0 Å². The molecule has 2 aromatic heterocycles. The number of hydrogen-bond donors (Lipinski definition) is 1. The molecule has 1 amide bonds. The van der Waals surface area contributed by atoms with Crippen molar-refractivity contribution in [2.45, 2.75) is 38.5 Å². The van der Waals surface area contributed by atoms with Crippen LogP contribution < -0.4 is 5.32 Å². The van der Waals surface area contributed by atoms with Crippen molar-refractivity contribution in [2.24, 2.45) is 0 Å². The van der Waals surface area contributed by atoms with Crippen LogP contribution in [0.15, 0.2) is 41.8 Å². The van der Waals surface area contributed by atoms with Crippen molar-refractivity contribution in [3.05, 3.63) is 73.8 Å². The van der Waals surface area contributed by atoms with E-state index in [-0.39, 0.29) is 11.9 Å². The maximum atomic E-state index is 12.8. The summed E-state index contributed by atoms with van der Waals surface area (Å²) in [4.78, 5) is 27.6. The molecule has 1 atom stereocenters. The number of rotatable bonds is 5. The summed E-state index contributed by atoms with van der Waals surface area (Å²) in [6, 6.07) is 12.4. The van der Waals surface area contributed by atoms with E-state index in [1.165, 1.54) is 33.8 Å². The monoisotopic (exact) mass is 425 g/mol. The molecule has 3 aromatic rings. The second-order valence-electron chi connectivity index (χ2n) is 7.16. The normalized spacial score (nSPS) is 15.6. The third-order valence-electron chi connectivity index (χ3n) is 5.42. The maximum absolute atomic E-state index is 12.8. The standard InChI is InChI=1S/C23H23NO3S2/c1-3-17-11-16(13-28-17)21(25)24-22-20(23(26)27-2)18-10-9-15(12-19(18)29-22)14-7-5-4-6-8-14/h4-8,11,13,15H,3,9-10,12H2,1-2H3,(H,24,25)/t15-/m1/s1. The van der Waals surface area contributed by atoms with Crippen LogP contribution in [0.5, 0.6) is 0 Å². The Bertz CT molecular complexity index is 1040. The minimum absolute atomic E-state index is 0.177. The first-order valence-corrected chi connectivity index (χ1v) is 11.5. The van der Waals surface area contributed by atoms with Crippen LogP contribution in [-0.4, -0.2) is 19.0 Å². The predicted molar refractivity (Wildman–Crippen MR) is 119 cm³/mol. The zero-order valence-electron chi connectivity index (χ0n) is 16.5. The predicted octanol–water partition coefficient (Wildman–Crippen LogP) is 5.68. The minimum Gasteiger partial charge on any atom is -0.465 e. The average Bonchev–Trinajstić information content (AvgIpc) is 3.37. The molecular weight excluding hydrogens is 402 g/mol. The first kappa shape index (κ1) is 19.9. The van der Waals surface area contributed by atoms with E-state index < -0.39 is 0 Å². The zero-order chi connectivity index (χ0) is 20.4. The van der Waals surface area contributed by atoms with E-state index in [4.69, 9.17) is 4.74 Å². The van der Waals surface area contributed by atoms with Gasteiger partial charge in [0.2, 0.25) is 0 Å². The average molecular weight is 426 g/mol. The molecule has 0 bridgehead atoms. The van der Waals surface area contributed by atoms with Crippen molar-refractivity contribution in [1.29, 1.82) is 0 Å². The van der Waals surface area contributed by atoms with Crippen molar-refractivity contribution in [2.75, 3.05) is 12.4 Å². The molecule has 150 valence electrons. The molecule has 0 saturated carbocycles. The fraction of sp³-hybridized carbons (Fsp3) is 0.304. The van der Waals surface area contributed by atoms with Gasteiger partial charge in [0.15, 0.2) is 0 Å². The molecular formula is C23H23NO3S2. The van der Waals surface area contributed by atoms with Crippen LogP contribution >= 0.6 is 22.7 Å². The molecule has 1 aromatic carbocycles. The van der Waals surface area contributed by atoms with Crippen LogP contribution in [0, 0.1) is 0 Å². The Morgan fingerprint density at radius 3 is 2.72 bits per heavy atom. The highest BCUT2D eigenvalue weighted by Gasteiger charge is 2.30. The van der Waals surface area contributed by atoms with Crippen molar-refractivity contribution < 1.29 is 14.3 Å². The SMILES string of the molecule is CCc1cc(C(=O)Nc2sc3c(c2C(=O)OC)CC[C@@H](c2ccccc2)C3)cs1. The number of carbonyl (C=O) groups excluding carboxylic acids is 2. The summed E-state index contributed by atoms with van der Waals surface area (Å²) in [7, 11) is 1.39. The molecule has 0 radical (unpaired) electrons. The molecule has 0 spiro atoms. The number of fused-ring (bicyclic) bond motifs is 1. The number of benzene rings is 1. The van der Waals surface area contributed by atoms with Crippen molar-refractivity contribution in [1.82, 2.24) is 0 Å². The van der Waals surface area contributed by atoms with E-state index in [1.807, 2.05) is 17.5 Å². The molecule has 6 heteroatoms. The molecule has 0 fully saturated rings. The Morgan fingerprint density at radius 1 is 1.24 bits per heavy atom. The third kappa shape index (κ3) is 4.00. The summed E-state index contributed by atoms with van der Waals surface area (Å²) >= 11 is 3.09. The second-order valence-corrected chi connectivity index (χ2v) is 9.26. The lowest BCUT2D eigenvalue weighted by Crippen LogP contribution is -2.16. The highest BCUT2D eigenvalue weighted by molar-refractivity contribution is 7.17. The summed E-state index contributed by atoms with van der Waals surface area (Å²) in [6.07, 6.45) is 3.57. The summed E-state index contributed by atoms with van der Waals surface area (Å²) in [5, 5.41) is 5.44. The van der Waals surface area contributed by atoms with Gasteiger partial charge in [0.1, 0.15) is 5.00 Å². The van der Waals surface area contributed by atoms with Gasteiger partial charge in [0, 0.05) is 15.1 Å². The third-order valence-corrected chi connectivity index (χ3v) is 7.67. The number of thiophene rings is 2. The first-order chi connectivity index (χ1) is 14.1. The van der Waals surface area contributed by atoms with Crippen molar-refractivity contribution in [3.8, 4) is 0 Å². The van der Waals surface area contributed by atoms with Crippen LogP contribution in [-0.2, 0) is 24.0 Å². The van der Waals surface area contributed by atoms with Gasteiger partial charge in [-0.25, -0.2) is 4.79 Å². The van der Waals surface area contributed by atoms with E-state index in [0.29, 0.717) is 22.0 Å². The van der Waals surface area contributed by atoms with Crippen LogP contribution in [0.25, 0.3) is 0 Å². The Hall–Kier alpha value is -2.44. The van der Waals surface area contributed by atoms with Gasteiger partial charge < -0.3 is 10.1 Å².